The number of nitrogens with zero attached hydrogens (tertiary/aromatic N) is 2. The summed E-state index contributed by atoms with van der Waals surface area (Å²) in [6.45, 7) is 0. The predicted octanol–water partition coefficient (Wildman–Crippen LogP) is 4.60. The third-order valence-corrected chi connectivity index (χ3v) is 5.96. The Morgan fingerprint density at radius 3 is 1.62 bits per heavy atom. The molecule has 1 aromatic carbocycles. The van der Waals surface area contributed by atoms with E-state index in [0.29, 0.717) is 22.5 Å². The Labute approximate surface area is 141 Å². The van der Waals surface area contributed by atoms with Gasteiger partial charge in [0.15, 0.2) is 11.6 Å². The minimum absolute atomic E-state index is 0.0429. The SMILES string of the molecule is O=C1c2cc3c(cc2N=C2CCCCC12)C(=O)C1CCCCC1=N3. The molecule has 2 aliphatic carbocycles. The van der Waals surface area contributed by atoms with Gasteiger partial charge in [-0.25, -0.2) is 0 Å². The number of aliphatic imine (C=N–C) groups is 2. The van der Waals surface area contributed by atoms with E-state index in [1.807, 2.05) is 12.1 Å². The minimum Gasteiger partial charge on any atom is -0.293 e. The van der Waals surface area contributed by atoms with Crippen molar-refractivity contribution in [3.8, 4) is 0 Å². The Hall–Kier alpha value is -2.10. The molecular weight excluding hydrogens is 300 g/mol. The Kier molecular flexibility index (Phi) is 3.09. The van der Waals surface area contributed by atoms with E-state index < -0.39 is 0 Å². The maximum atomic E-state index is 12.9. The van der Waals surface area contributed by atoms with Crippen LogP contribution in [0.1, 0.15) is 72.1 Å². The third-order valence-electron chi connectivity index (χ3n) is 5.96. The van der Waals surface area contributed by atoms with Crippen molar-refractivity contribution in [1.82, 2.24) is 0 Å². The molecule has 122 valence electrons. The number of Topliss-reactive ketones (excluding diaryl/α,β-unsaturated/α-hetero) is 2. The smallest absolute Gasteiger partial charge is 0.173 e. The molecule has 2 unspecified atom stereocenters. The Balaban J connectivity index is 1.66. The minimum atomic E-state index is -0.0429. The van der Waals surface area contributed by atoms with E-state index in [1.165, 1.54) is 0 Å². The summed E-state index contributed by atoms with van der Waals surface area (Å²) in [5, 5.41) is 0. The second kappa shape index (κ2) is 5.20. The van der Waals surface area contributed by atoms with E-state index in [9.17, 15) is 9.59 Å². The van der Waals surface area contributed by atoms with Gasteiger partial charge in [-0.3, -0.25) is 19.6 Å². The molecule has 4 heteroatoms. The van der Waals surface area contributed by atoms with E-state index in [2.05, 4.69) is 0 Å². The summed E-state index contributed by atoms with van der Waals surface area (Å²) in [7, 11) is 0. The van der Waals surface area contributed by atoms with Crippen molar-refractivity contribution in [3.05, 3.63) is 23.3 Å². The van der Waals surface area contributed by atoms with Gasteiger partial charge in [-0.1, -0.05) is 12.8 Å². The average Bonchev–Trinajstić information content (AvgIpc) is 2.62. The highest BCUT2D eigenvalue weighted by atomic mass is 16.1. The van der Waals surface area contributed by atoms with Crippen molar-refractivity contribution < 1.29 is 9.59 Å². The maximum Gasteiger partial charge on any atom is 0.173 e. The van der Waals surface area contributed by atoms with Gasteiger partial charge in [-0.2, -0.15) is 0 Å². The fraction of sp³-hybridized carbons (Fsp3) is 0.500. The zero-order valence-electron chi connectivity index (χ0n) is 13.7. The predicted molar refractivity (Wildman–Crippen MR) is 93.2 cm³/mol. The molecule has 2 atom stereocenters. The summed E-state index contributed by atoms with van der Waals surface area (Å²) in [4.78, 5) is 35.3. The van der Waals surface area contributed by atoms with Crippen molar-refractivity contribution in [2.75, 3.05) is 0 Å². The standard InChI is InChI=1S/C20H20N2O2/c23-19-11-5-1-3-7-15(11)21-17-10-14-18(9-13(17)19)22-16-8-4-2-6-12(16)20(14)24/h9-12H,1-8H2. The monoisotopic (exact) mass is 320 g/mol. The van der Waals surface area contributed by atoms with Gasteiger partial charge >= 0.3 is 0 Å². The summed E-state index contributed by atoms with van der Waals surface area (Å²) in [6.07, 6.45) is 8.04. The molecule has 0 aromatic heterocycles. The van der Waals surface area contributed by atoms with Gasteiger partial charge in [0.05, 0.1) is 23.2 Å². The molecule has 1 aromatic rings. The number of hydrogen-bond donors (Lipinski definition) is 0. The molecule has 4 nitrogen and oxygen atoms in total. The van der Waals surface area contributed by atoms with Crippen LogP contribution in [0.5, 0.6) is 0 Å². The van der Waals surface area contributed by atoms with Crippen LogP contribution in [0, 0.1) is 11.8 Å². The molecule has 0 amide bonds. The first-order chi connectivity index (χ1) is 11.7. The quantitative estimate of drug-likeness (QED) is 0.701. The molecule has 2 saturated carbocycles. The number of carbonyl (C=O) groups is 2. The highest BCUT2D eigenvalue weighted by molar-refractivity contribution is 6.22. The second-order valence-corrected chi connectivity index (χ2v) is 7.42. The molecule has 0 radical (unpaired) electrons. The van der Waals surface area contributed by atoms with E-state index in [1.54, 1.807) is 0 Å². The van der Waals surface area contributed by atoms with Crippen LogP contribution in [0.25, 0.3) is 0 Å². The molecule has 0 saturated heterocycles. The van der Waals surface area contributed by atoms with Crippen molar-refractivity contribution in [2.45, 2.75) is 51.4 Å². The number of carbonyl (C=O) groups excluding carboxylic acids is 2. The maximum absolute atomic E-state index is 12.9. The molecule has 2 fully saturated rings. The molecule has 0 bridgehead atoms. The molecule has 2 aliphatic heterocycles. The molecule has 0 N–H and O–H groups in total. The Morgan fingerprint density at radius 1 is 0.708 bits per heavy atom. The van der Waals surface area contributed by atoms with Crippen LogP contribution >= 0.6 is 0 Å². The van der Waals surface area contributed by atoms with Gasteiger partial charge in [0.1, 0.15) is 0 Å². The summed E-state index contributed by atoms with van der Waals surface area (Å²) in [6, 6.07) is 3.66. The second-order valence-electron chi connectivity index (χ2n) is 7.42. The normalized spacial score (nSPS) is 28.2. The van der Waals surface area contributed by atoms with Gasteiger partial charge in [-0.05, 0) is 50.7 Å². The molecular formula is C20H20N2O2. The van der Waals surface area contributed by atoms with E-state index >= 15 is 0 Å². The average molecular weight is 320 g/mol. The third kappa shape index (κ3) is 1.98. The van der Waals surface area contributed by atoms with Crippen molar-refractivity contribution in [2.24, 2.45) is 21.8 Å². The lowest BCUT2D eigenvalue weighted by Crippen LogP contribution is -2.32. The highest BCUT2D eigenvalue weighted by Crippen LogP contribution is 2.42. The number of benzene rings is 1. The molecule has 24 heavy (non-hydrogen) atoms. The van der Waals surface area contributed by atoms with E-state index in [0.717, 1.165) is 62.8 Å². The highest BCUT2D eigenvalue weighted by Gasteiger charge is 2.37. The first kappa shape index (κ1) is 14.3. The van der Waals surface area contributed by atoms with E-state index in [4.69, 9.17) is 9.98 Å². The fourth-order valence-electron chi connectivity index (χ4n) is 4.66. The van der Waals surface area contributed by atoms with Crippen LogP contribution in [0.3, 0.4) is 0 Å². The Morgan fingerprint density at radius 2 is 1.17 bits per heavy atom. The van der Waals surface area contributed by atoms with Crippen molar-refractivity contribution in [1.29, 1.82) is 0 Å². The summed E-state index contributed by atoms with van der Waals surface area (Å²) in [5.74, 6) is 0.268. The molecule has 2 heterocycles. The van der Waals surface area contributed by atoms with Crippen LogP contribution in [-0.4, -0.2) is 23.0 Å². The molecule has 0 spiro atoms. The van der Waals surface area contributed by atoms with Gasteiger partial charge in [0.2, 0.25) is 0 Å². The topological polar surface area (TPSA) is 58.9 Å². The van der Waals surface area contributed by atoms with Gasteiger partial charge in [-0.15, -0.1) is 0 Å². The number of ketones is 2. The van der Waals surface area contributed by atoms with Crippen LogP contribution < -0.4 is 0 Å². The molecule has 4 aliphatic rings. The fourth-order valence-corrected chi connectivity index (χ4v) is 4.66. The van der Waals surface area contributed by atoms with Crippen LogP contribution in [0.4, 0.5) is 11.4 Å². The Bertz CT molecular complexity index is 765. The van der Waals surface area contributed by atoms with Crippen LogP contribution in [0.15, 0.2) is 22.1 Å². The zero-order valence-corrected chi connectivity index (χ0v) is 13.7. The van der Waals surface area contributed by atoms with Gasteiger partial charge < -0.3 is 0 Å². The van der Waals surface area contributed by atoms with Crippen molar-refractivity contribution in [3.63, 3.8) is 0 Å². The van der Waals surface area contributed by atoms with Crippen LogP contribution in [-0.2, 0) is 0 Å². The summed E-state index contributed by atoms with van der Waals surface area (Å²) >= 11 is 0. The largest absolute Gasteiger partial charge is 0.293 e. The lowest BCUT2D eigenvalue weighted by atomic mass is 9.77. The van der Waals surface area contributed by atoms with Crippen LogP contribution in [0.2, 0.25) is 0 Å². The first-order valence-electron chi connectivity index (χ1n) is 9.14. The molecule has 5 rings (SSSR count). The van der Waals surface area contributed by atoms with Gasteiger partial charge in [0, 0.05) is 22.6 Å². The lowest BCUT2D eigenvalue weighted by Gasteiger charge is -2.30. The number of fused-ring (bicyclic) bond motifs is 4. The lowest BCUT2D eigenvalue weighted by molar-refractivity contribution is 0.0930. The number of hydrogen-bond acceptors (Lipinski definition) is 4. The van der Waals surface area contributed by atoms with E-state index in [-0.39, 0.29) is 23.4 Å². The van der Waals surface area contributed by atoms with Crippen molar-refractivity contribution >= 4 is 34.4 Å². The van der Waals surface area contributed by atoms with Gasteiger partial charge in [0.25, 0.3) is 0 Å². The summed E-state index contributed by atoms with van der Waals surface area (Å²) < 4.78 is 0. The number of rotatable bonds is 0. The summed E-state index contributed by atoms with van der Waals surface area (Å²) in [5.41, 5.74) is 4.74. The first-order valence-corrected chi connectivity index (χ1v) is 9.14. The zero-order chi connectivity index (χ0) is 16.3.